The van der Waals surface area contributed by atoms with Crippen LogP contribution in [0.1, 0.15) is 25.8 Å². The summed E-state index contributed by atoms with van der Waals surface area (Å²) in [5, 5.41) is 4.23. The average molecular weight is 446 g/mol. The quantitative estimate of drug-likeness (QED) is 0.534. The van der Waals surface area contributed by atoms with Gasteiger partial charge < -0.3 is 9.80 Å². The van der Waals surface area contributed by atoms with Crippen LogP contribution in [0.5, 0.6) is 0 Å². The van der Waals surface area contributed by atoms with Gasteiger partial charge >= 0.3 is 0 Å². The number of nitrogens with zero attached hydrogens (tertiary/aromatic N) is 5. The number of carbonyl (C=O) groups is 2. The van der Waals surface area contributed by atoms with Crippen molar-refractivity contribution in [2.75, 3.05) is 19.6 Å². The van der Waals surface area contributed by atoms with E-state index < -0.39 is 6.04 Å². The molecule has 0 radical (unpaired) electrons. The zero-order chi connectivity index (χ0) is 23.2. The molecule has 1 aliphatic rings. The summed E-state index contributed by atoms with van der Waals surface area (Å²) in [6.07, 6.45) is 8.52. The van der Waals surface area contributed by atoms with Crippen LogP contribution in [0.4, 0.5) is 0 Å². The molecule has 0 aliphatic carbocycles. The van der Waals surface area contributed by atoms with Crippen LogP contribution in [-0.2, 0) is 22.6 Å². The van der Waals surface area contributed by atoms with Crippen LogP contribution in [0, 0.1) is 5.92 Å². The predicted octanol–water partition coefficient (Wildman–Crippen LogP) is 3.27. The summed E-state index contributed by atoms with van der Waals surface area (Å²) < 4.78 is 1.77. The molecule has 33 heavy (non-hydrogen) atoms. The van der Waals surface area contributed by atoms with Crippen LogP contribution in [-0.4, -0.2) is 62.1 Å². The molecule has 1 saturated heterocycles. The molecule has 0 spiro atoms. The Morgan fingerprint density at radius 1 is 1.09 bits per heavy atom. The molecule has 0 N–H and O–H groups in total. The molecule has 1 aromatic carbocycles. The van der Waals surface area contributed by atoms with E-state index >= 15 is 0 Å². The third kappa shape index (κ3) is 5.30. The summed E-state index contributed by atoms with van der Waals surface area (Å²) in [5.74, 6) is -0.219. The molecule has 7 nitrogen and oxygen atoms in total. The van der Waals surface area contributed by atoms with E-state index in [1.165, 1.54) is 0 Å². The molecule has 2 amide bonds. The molecule has 0 saturated carbocycles. The van der Waals surface area contributed by atoms with E-state index in [9.17, 15) is 9.59 Å². The minimum absolute atomic E-state index is 0.00490. The van der Waals surface area contributed by atoms with Crippen molar-refractivity contribution in [2.45, 2.75) is 39.3 Å². The Bertz CT molecular complexity index is 1070. The Morgan fingerprint density at radius 2 is 1.91 bits per heavy atom. The normalized spacial score (nSPS) is 17.3. The van der Waals surface area contributed by atoms with E-state index in [0.717, 1.165) is 29.7 Å². The van der Waals surface area contributed by atoms with Gasteiger partial charge in [0.15, 0.2) is 0 Å². The smallest absolute Gasteiger partial charge is 0.245 e. The summed E-state index contributed by atoms with van der Waals surface area (Å²) >= 11 is 0. The maximum Gasteiger partial charge on any atom is 0.245 e. The molecule has 3 aromatic rings. The molecular weight excluding hydrogens is 414 g/mol. The Hall–Kier alpha value is -3.48. The molecule has 1 aliphatic heterocycles. The molecule has 2 aromatic heterocycles. The lowest BCUT2D eigenvalue weighted by molar-refractivity contribution is -0.153. The standard InChI is InChI=1S/C26H31N5O2/c1-3-13-29-15-16-31(25(32)20(2)19-30-14-5-10-28-30)24(26(29)33)18-21-6-4-7-23(17-21)22-8-11-27-12-9-22/h4-12,14,17,20,24H,3,13,15-16,18-19H2,1-2H3/t20-,24-/m1/s1. The van der Waals surface area contributed by atoms with Crippen LogP contribution in [0.2, 0.25) is 0 Å². The van der Waals surface area contributed by atoms with Gasteiger partial charge in [-0.25, -0.2) is 0 Å². The average Bonchev–Trinajstić information content (AvgIpc) is 3.35. The first-order chi connectivity index (χ1) is 16.1. The van der Waals surface area contributed by atoms with Crippen LogP contribution < -0.4 is 0 Å². The largest absolute Gasteiger partial charge is 0.339 e. The van der Waals surface area contributed by atoms with Gasteiger partial charge in [0.1, 0.15) is 6.04 Å². The highest BCUT2D eigenvalue weighted by atomic mass is 16.2. The number of hydrogen-bond donors (Lipinski definition) is 0. The number of carbonyl (C=O) groups excluding carboxylic acids is 2. The summed E-state index contributed by atoms with van der Waals surface area (Å²) in [7, 11) is 0. The summed E-state index contributed by atoms with van der Waals surface area (Å²) in [4.78, 5) is 34.7. The Kier molecular flexibility index (Phi) is 7.17. The number of hydrogen-bond acceptors (Lipinski definition) is 4. The van der Waals surface area contributed by atoms with E-state index in [-0.39, 0.29) is 17.7 Å². The van der Waals surface area contributed by atoms with E-state index in [2.05, 4.69) is 29.1 Å². The lowest BCUT2D eigenvalue weighted by Crippen LogP contribution is -2.60. The van der Waals surface area contributed by atoms with Crippen molar-refractivity contribution in [1.29, 1.82) is 0 Å². The van der Waals surface area contributed by atoms with Crippen molar-refractivity contribution in [3.05, 3.63) is 72.8 Å². The summed E-state index contributed by atoms with van der Waals surface area (Å²) in [6.45, 7) is 6.35. The van der Waals surface area contributed by atoms with Crippen LogP contribution in [0.15, 0.2) is 67.3 Å². The van der Waals surface area contributed by atoms with Crippen molar-refractivity contribution >= 4 is 11.8 Å². The van der Waals surface area contributed by atoms with Gasteiger partial charge in [0.25, 0.3) is 0 Å². The van der Waals surface area contributed by atoms with Gasteiger partial charge in [0.05, 0.1) is 12.5 Å². The minimum atomic E-state index is -0.495. The van der Waals surface area contributed by atoms with Gasteiger partial charge in [-0.05, 0) is 41.3 Å². The van der Waals surface area contributed by atoms with Crippen LogP contribution in [0.25, 0.3) is 11.1 Å². The maximum atomic E-state index is 13.4. The first kappa shape index (κ1) is 22.7. The molecule has 0 unspecified atom stereocenters. The molecule has 2 atom stereocenters. The minimum Gasteiger partial charge on any atom is -0.339 e. The van der Waals surface area contributed by atoms with E-state index in [4.69, 9.17) is 0 Å². The zero-order valence-corrected chi connectivity index (χ0v) is 19.3. The van der Waals surface area contributed by atoms with Crippen molar-refractivity contribution in [2.24, 2.45) is 5.92 Å². The summed E-state index contributed by atoms with van der Waals surface area (Å²) in [6, 6.07) is 13.5. The maximum absolute atomic E-state index is 13.4. The Morgan fingerprint density at radius 3 is 2.64 bits per heavy atom. The van der Waals surface area contributed by atoms with Crippen LogP contribution in [0.3, 0.4) is 0 Å². The predicted molar refractivity (Wildman–Crippen MR) is 127 cm³/mol. The molecule has 4 rings (SSSR count). The number of rotatable bonds is 8. The second-order valence-electron chi connectivity index (χ2n) is 8.64. The van der Waals surface area contributed by atoms with Gasteiger partial charge in [0, 0.05) is 50.8 Å². The monoisotopic (exact) mass is 445 g/mol. The van der Waals surface area contributed by atoms with Crippen LogP contribution >= 0.6 is 0 Å². The molecule has 0 bridgehead atoms. The second-order valence-corrected chi connectivity index (χ2v) is 8.64. The van der Waals surface area contributed by atoms with Crippen molar-refractivity contribution < 1.29 is 9.59 Å². The molecule has 1 fully saturated rings. The fourth-order valence-corrected chi connectivity index (χ4v) is 4.49. The number of benzene rings is 1. The Labute approximate surface area is 195 Å². The topological polar surface area (TPSA) is 71.3 Å². The number of aromatic nitrogens is 3. The number of pyridine rings is 1. The first-order valence-electron chi connectivity index (χ1n) is 11.6. The van der Waals surface area contributed by atoms with Crippen molar-refractivity contribution in [3.63, 3.8) is 0 Å². The van der Waals surface area contributed by atoms with Gasteiger partial charge in [-0.15, -0.1) is 0 Å². The SMILES string of the molecule is CCCN1CCN(C(=O)[C@H](C)Cn2cccn2)[C@H](Cc2cccc(-c3ccncc3)c2)C1=O. The van der Waals surface area contributed by atoms with Gasteiger partial charge in [-0.1, -0.05) is 38.1 Å². The Balaban J connectivity index is 1.57. The third-order valence-electron chi connectivity index (χ3n) is 6.17. The van der Waals surface area contributed by atoms with Gasteiger partial charge in [0.2, 0.25) is 11.8 Å². The molecular formula is C26H31N5O2. The fraction of sp³-hybridized carbons (Fsp3) is 0.385. The van der Waals surface area contributed by atoms with Crippen molar-refractivity contribution in [1.82, 2.24) is 24.6 Å². The highest BCUT2D eigenvalue weighted by molar-refractivity contribution is 5.90. The van der Waals surface area contributed by atoms with E-state index in [0.29, 0.717) is 26.1 Å². The van der Waals surface area contributed by atoms with E-state index in [1.807, 2.05) is 48.4 Å². The number of piperazine rings is 1. The highest BCUT2D eigenvalue weighted by Gasteiger charge is 2.38. The molecule has 172 valence electrons. The second kappa shape index (κ2) is 10.4. The lowest BCUT2D eigenvalue weighted by Gasteiger charge is -2.41. The zero-order valence-electron chi connectivity index (χ0n) is 19.3. The number of amides is 2. The fourth-order valence-electron chi connectivity index (χ4n) is 4.49. The van der Waals surface area contributed by atoms with E-state index in [1.54, 1.807) is 28.2 Å². The van der Waals surface area contributed by atoms with Gasteiger partial charge in [-0.3, -0.25) is 19.3 Å². The highest BCUT2D eigenvalue weighted by Crippen LogP contribution is 2.24. The lowest BCUT2D eigenvalue weighted by atomic mass is 9.96. The molecule has 3 heterocycles. The first-order valence-corrected chi connectivity index (χ1v) is 11.6. The molecule has 7 heteroatoms. The third-order valence-corrected chi connectivity index (χ3v) is 6.17. The van der Waals surface area contributed by atoms with Crippen molar-refractivity contribution in [3.8, 4) is 11.1 Å². The van der Waals surface area contributed by atoms with Gasteiger partial charge in [-0.2, -0.15) is 5.10 Å². The summed E-state index contributed by atoms with van der Waals surface area (Å²) in [5.41, 5.74) is 3.20.